The zero-order valence-electron chi connectivity index (χ0n) is 19.9. The number of H-pyrrole nitrogens is 1. The van der Waals surface area contributed by atoms with Crippen molar-refractivity contribution in [2.24, 2.45) is 0 Å². The van der Waals surface area contributed by atoms with E-state index in [1.807, 2.05) is 30.0 Å². The van der Waals surface area contributed by atoms with Crippen LogP contribution in [0.2, 0.25) is 0 Å². The zero-order valence-corrected chi connectivity index (χ0v) is 19.9. The fraction of sp³-hybridized carbons (Fsp3) is 0.385. The molecule has 1 atom stereocenters. The molecule has 1 saturated heterocycles. The average molecular weight is 443 g/mol. The van der Waals surface area contributed by atoms with Crippen molar-refractivity contribution in [2.45, 2.75) is 58.4 Å². The Hall–Kier alpha value is -3.48. The van der Waals surface area contributed by atoms with Crippen LogP contribution in [0, 0.1) is 6.92 Å². The molecule has 1 unspecified atom stereocenters. The van der Waals surface area contributed by atoms with Crippen LogP contribution in [0.5, 0.6) is 0 Å². The number of hydrogen-bond donors (Lipinski definition) is 1. The Morgan fingerprint density at radius 2 is 1.85 bits per heavy atom. The molecule has 3 heterocycles. The summed E-state index contributed by atoms with van der Waals surface area (Å²) in [5.41, 5.74) is 5.04. The van der Waals surface area contributed by atoms with Crippen LogP contribution in [-0.2, 0) is 11.0 Å². The molecule has 1 N–H and O–H groups in total. The lowest BCUT2D eigenvalue weighted by Crippen LogP contribution is -2.44. The Morgan fingerprint density at radius 3 is 2.58 bits per heavy atom. The Bertz CT molecular complexity index is 1330. The van der Waals surface area contributed by atoms with Crippen molar-refractivity contribution in [1.82, 2.24) is 29.9 Å². The fourth-order valence-corrected chi connectivity index (χ4v) is 4.75. The topological polar surface area (TPSA) is 79.7 Å². The minimum atomic E-state index is -0.517. The van der Waals surface area contributed by atoms with Gasteiger partial charge in [-0.05, 0) is 61.9 Å². The number of aromatic nitrogens is 5. The molecule has 2 aromatic carbocycles. The van der Waals surface area contributed by atoms with Crippen LogP contribution in [0.25, 0.3) is 16.7 Å². The predicted octanol–water partition coefficient (Wildman–Crippen LogP) is 4.90. The third-order valence-corrected chi connectivity index (χ3v) is 6.76. The predicted molar refractivity (Wildman–Crippen MR) is 129 cm³/mol. The van der Waals surface area contributed by atoms with E-state index < -0.39 is 5.54 Å². The number of nitrogens with zero attached hydrogens (tertiary/aromatic N) is 5. The molecule has 1 fully saturated rings. The number of fused-ring (bicyclic) bond motifs is 1. The maximum Gasteiger partial charge on any atom is 0.256 e. The van der Waals surface area contributed by atoms with Gasteiger partial charge in [0.2, 0.25) is 0 Å². The summed E-state index contributed by atoms with van der Waals surface area (Å²) in [6.45, 7) is 11.4. The highest BCUT2D eigenvalue weighted by Crippen LogP contribution is 2.39. The highest BCUT2D eigenvalue weighted by atomic mass is 16.2. The number of carbonyl (C=O) groups is 1. The van der Waals surface area contributed by atoms with Gasteiger partial charge in [0.1, 0.15) is 5.82 Å². The van der Waals surface area contributed by atoms with E-state index in [4.69, 9.17) is 4.98 Å². The largest absolute Gasteiger partial charge is 0.340 e. The van der Waals surface area contributed by atoms with Gasteiger partial charge in [0, 0.05) is 6.54 Å². The van der Waals surface area contributed by atoms with Crippen molar-refractivity contribution < 1.29 is 4.79 Å². The second-order valence-corrected chi connectivity index (χ2v) is 10.2. The molecule has 170 valence electrons. The Kier molecular flexibility index (Phi) is 4.88. The number of aryl methyl sites for hydroxylation is 1. The Balaban J connectivity index is 1.56. The van der Waals surface area contributed by atoms with Gasteiger partial charge in [0.25, 0.3) is 5.91 Å². The summed E-state index contributed by atoms with van der Waals surface area (Å²) < 4.78 is 0. The normalized spacial score (nSPS) is 18.9. The minimum absolute atomic E-state index is 0.0261. The maximum atomic E-state index is 13.9. The SMILES string of the molecule is Cc1ccc(-n2nccn2)c(C(=O)N2CCCC2(C)c2nc3ccc(C(C)(C)C)cc3[nH]2)c1. The van der Waals surface area contributed by atoms with Crippen LogP contribution in [0.1, 0.15) is 67.8 Å². The zero-order chi connectivity index (χ0) is 23.4. The summed E-state index contributed by atoms with van der Waals surface area (Å²) in [7, 11) is 0. The summed E-state index contributed by atoms with van der Waals surface area (Å²) in [6, 6.07) is 12.2. The first-order chi connectivity index (χ1) is 15.7. The van der Waals surface area contributed by atoms with Gasteiger partial charge >= 0.3 is 0 Å². The molecule has 33 heavy (non-hydrogen) atoms. The molecule has 0 radical (unpaired) electrons. The molecule has 0 bridgehead atoms. The quantitative estimate of drug-likeness (QED) is 0.489. The molecular formula is C26H30N6O. The molecule has 1 aliphatic heterocycles. The Morgan fingerprint density at radius 1 is 1.09 bits per heavy atom. The van der Waals surface area contributed by atoms with Crippen molar-refractivity contribution in [3.63, 3.8) is 0 Å². The number of hydrogen-bond acceptors (Lipinski definition) is 4. The van der Waals surface area contributed by atoms with E-state index in [-0.39, 0.29) is 11.3 Å². The van der Waals surface area contributed by atoms with Crippen LogP contribution < -0.4 is 0 Å². The van der Waals surface area contributed by atoms with Gasteiger partial charge in [0.15, 0.2) is 0 Å². The lowest BCUT2D eigenvalue weighted by Gasteiger charge is -2.34. The van der Waals surface area contributed by atoms with E-state index in [1.165, 1.54) is 10.4 Å². The number of imidazole rings is 1. The summed E-state index contributed by atoms with van der Waals surface area (Å²) in [6.07, 6.45) is 5.02. The summed E-state index contributed by atoms with van der Waals surface area (Å²) in [5.74, 6) is 0.808. The van der Waals surface area contributed by atoms with E-state index in [2.05, 4.69) is 61.1 Å². The van der Waals surface area contributed by atoms with Gasteiger partial charge in [-0.3, -0.25) is 4.79 Å². The third-order valence-electron chi connectivity index (χ3n) is 6.76. The number of carbonyl (C=O) groups excluding carboxylic acids is 1. The van der Waals surface area contributed by atoms with Crippen LogP contribution in [0.15, 0.2) is 48.8 Å². The highest BCUT2D eigenvalue weighted by Gasteiger charge is 2.44. The molecule has 1 amide bonds. The van der Waals surface area contributed by atoms with Crippen LogP contribution in [0.3, 0.4) is 0 Å². The van der Waals surface area contributed by atoms with Gasteiger partial charge in [-0.1, -0.05) is 38.5 Å². The number of likely N-dealkylation sites (tertiary alicyclic amines) is 1. The lowest BCUT2D eigenvalue weighted by atomic mass is 9.87. The van der Waals surface area contributed by atoms with Gasteiger partial charge < -0.3 is 9.88 Å². The van der Waals surface area contributed by atoms with E-state index in [0.29, 0.717) is 17.8 Å². The van der Waals surface area contributed by atoms with E-state index >= 15 is 0 Å². The highest BCUT2D eigenvalue weighted by molar-refractivity contribution is 5.98. The molecule has 1 aliphatic rings. The van der Waals surface area contributed by atoms with Crippen molar-refractivity contribution >= 4 is 16.9 Å². The van der Waals surface area contributed by atoms with Crippen molar-refractivity contribution in [1.29, 1.82) is 0 Å². The number of rotatable bonds is 3. The van der Waals surface area contributed by atoms with Gasteiger partial charge in [-0.2, -0.15) is 15.0 Å². The van der Waals surface area contributed by atoms with Crippen molar-refractivity contribution in [2.75, 3.05) is 6.54 Å². The first kappa shape index (κ1) is 21.4. The average Bonchev–Trinajstić information content (AvgIpc) is 3.52. The third kappa shape index (κ3) is 3.61. The molecule has 5 rings (SSSR count). The fourth-order valence-electron chi connectivity index (χ4n) is 4.75. The molecule has 2 aromatic heterocycles. The molecule has 0 spiro atoms. The minimum Gasteiger partial charge on any atom is -0.340 e. The number of aromatic amines is 1. The van der Waals surface area contributed by atoms with Crippen molar-refractivity contribution in [3.05, 3.63) is 71.3 Å². The van der Waals surface area contributed by atoms with Gasteiger partial charge in [-0.25, -0.2) is 4.98 Å². The molecule has 4 aromatic rings. The maximum absolute atomic E-state index is 13.9. The number of benzene rings is 2. The first-order valence-corrected chi connectivity index (χ1v) is 11.5. The van der Waals surface area contributed by atoms with Gasteiger partial charge in [0.05, 0.1) is 40.2 Å². The monoisotopic (exact) mass is 442 g/mol. The molecule has 0 saturated carbocycles. The molecule has 7 heteroatoms. The summed E-state index contributed by atoms with van der Waals surface area (Å²) in [4.78, 5) is 25.9. The summed E-state index contributed by atoms with van der Waals surface area (Å²) in [5, 5.41) is 8.51. The Labute approximate surface area is 193 Å². The second-order valence-electron chi connectivity index (χ2n) is 10.2. The smallest absolute Gasteiger partial charge is 0.256 e. The first-order valence-electron chi connectivity index (χ1n) is 11.5. The second kappa shape index (κ2) is 7.54. The number of amides is 1. The van der Waals surface area contributed by atoms with Crippen LogP contribution in [-0.4, -0.2) is 42.3 Å². The van der Waals surface area contributed by atoms with Crippen LogP contribution in [0.4, 0.5) is 0 Å². The van der Waals surface area contributed by atoms with Crippen LogP contribution >= 0.6 is 0 Å². The van der Waals surface area contributed by atoms with E-state index in [1.54, 1.807) is 12.4 Å². The molecule has 7 nitrogen and oxygen atoms in total. The van der Waals surface area contributed by atoms with E-state index in [9.17, 15) is 4.79 Å². The number of nitrogens with one attached hydrogen (secondary N) is 1. The lowest BCUT2D eigenvalue weighted by molar-refractivity contribution is 0.0605. The van der Waals surface area contributed by atoms with Crippen molar-refractivity contribution in [3.8, 4) is 5.69 Å². The summed E-state index contributed by atoms with van der Waals surface area (Å²) >= 11 is 0. The van der Waals surface area contributed by atoms with E-state index in [0.717, 1.165) is 35.3 Å². The molecule has 0 aliphatic carbocycles. The molecular weight excluding hydrogens is 412 g/mol. The standard InChI is InChI=1S/C26H30N6O/c1-17-7-10-22(32-27-12-13-28-32)19(15-17)23(33)31-14-6-11-26(31,5)24-29-20-9-8-18(25(2,3)4)16-21(20)30-24/h7-10,12-13,15-16H,6,11,14H2,1-5H3,(H,29,30). The van der Waals surface area contributed by atoms with Gasteiger partial charge in [-0.15, -0.1) is 0 Å².